The van der Waals surface area contributed by atoms with Gasteiger partial charge in [0.15, 0.2) is 0 Å². The SMILES string of the molecule is CCC(C)(CC)C1CCCC(C(C)(CC)CC)N1C1CCCCCCCC1. The number of rotatable bonds is 7. The largest absolute Gasteiger partial charge is 0.293 e. The maximum atomic E-state index is 3.18. The minimum absolute atomic E-state index is 0.486. The Balaban J connectivity index is 2.39. The highest BCUT2D eigenvalue weighted by Gasteiger charge is 2.47. The molecule has 0 bridgehead atoms. The third kappa shape index (κ3) is 5.31. The highest BCUT2D eigenvalue weighted by atomic mass is 15.2. The summed E-state index contributed by atoms with van der Waals surface area (Å²) in [6.07, 6.45) is 21.4. The first-order valence-electron chi connectivity index (χ1n) is 12.7. The molecule has 0 aromatic rings. The van der Waals surface area contributed by atoms with Crippen LogP contribution < -0.4 is 0 Å². The Morgan fingerprint density at radius 3 is 1.30 bits per heavy atom. The summed E-state index contributed by atoms with van der Waals surface area (Å²) in [5.41, 5.74) is 0.971. The summed E-state index contributed by atoms with van der Waals surface area (Å²) in [7, 11) is 0. The number of nitrogens with zero attached hydrogens (tertiary/aromatic N) is 1. The average Bonchev–Trinajstić information content (AvgIpc) is 2.86. The van der Waals surface area contributed by atoms with Crippen molar-refractivity contribution in [1.29, 1.82) is 0 Å². The lowest BCUT2D eigenvalue weighted by atomic mass is 9.66. The second kappa shape index (κ2) is 10.7. The van der Waals surface area contributed by atoms with Gasteiger partial charge >= 0.3 is 0 Å². The van der Waals surface area contributed by atoms with E-state index in [0.29, 0.717) is 10.8 Å². The zero-order valence-corrected chi connectivity index (χ0v) is 19.8. The van der Waals surface area contributed by atoms with Crippen molar-refractivity contribution in [3.63, 3.8) is 0 Å². The minimum Gasteiger partial charge on any atom is -0.293 e. The van der Waals surface area contributed by atoms with Gasteiger partial charge in [0.1, 0.15) is 0 Å². The van der Waals surface area contributed by atoms with Gasteiger partial charge in [0.05, 0.1) is 0 Å². The lowest BCUT2D eigenvalue weighted by Gasteiger charge is -2.58. The zero-order valence-electron chi connectivity index (χ0n) is 19.8. The van der Waals surface area contributed by atoms with E-state index in [1.54, 1.807) is 0 Å². The fraction of sp³-hybridized carbons (Fsp3) is 1.00. The van der Waals surface area contributed by atoms with Crippen LogP contribution in [-0.4, -0.2) is 23.0 Å². The van der Waals surface area contributed by atoms with Crippen LogP contribution in [0.2, 0.25) is 0 Å². The van der Waals surface area contributed by atoms with E-state index in [9.17, 15) is 0 Å². The van der Waals surface area contributed by atoms with E-state index >= 15 is 0 Å². The van der Waals surface area contributed by atoms with Gasteiger partial charge in [0.2, 0.25) is 0 Å². The third-order valence-corrected chi connectivity index (χ3v) is 9.26. The van der Waals surface area contributed by atoms with Crippen LogP contribution in [0.5, 0.6) is 0 Å². The van der Waals surface area contributed by atoms with Crippen molar-refractivity contribution in [2.24, 2.45) is 10.8 Å². The van der Waals surface area contributed by atoms with E-state index in [0.717, 1.165) is 18.1 Å². The molecule has 0 N–H and O–H groups in total. The second-order valence-corrected chi connectivity index (χ2v) is 10.5. The lowest BCUT2D eigenvalue weighted by Crippen LogP contribution is -2.61. The molecule has 1 heteroatoms. The predicted octanol–water partition coefficient (Wildman–Crippen LogP) is 8.37. The summed E-state index contributed by atoms with van der Waals surface area (Å²) in [5.74, 6) is 0. The number of hydrogen-bond donors (Lipinski definition) is 0. The monoisotopic (exact) mass is 377 g/mol. The van der Waals surface area contributed by atoms with Crippen LogP contribution in [-0.2, 0) is 0 Å². The fourth-order valence-corrected chi connectivity index (χ4v) is 6.30. The van der Waals surface area contributed by atoms with Gasteiger partial charge in [-0.05, 0) is 62.2 Å². The van der Waals surface area contributed by atoms with Crippen LogP contribution in [0.25, 0.3) is 0 Å². The highest BCUT2D eigenvalue weighted by Crippen LogP contribution is 2.48. The second-order valence-electron chi connectivity index (χ2n) is 10.5. The summed E-state index contributed by atoms with van der Waals surface area (Å²) in [6.45, 7) is 15.0. The molecule has 1 heterocycles. The van der Waals surface area contributed by atoms with Gasteiger partial charge in [-0.25, -0.2) is 0 Å². The van der Waals surface area contributed by atoms with Crippen LogP contribution >= 0.6 is 0 Å². The number of piperidine rings is 1. The van der Waals surface area contributed by atoms with E-state index in [1.165, 1.54) is 96.3 Å². The molecule has 1 aliphatic carbocycles. The van der Waals surface area contributed by atoms with Gasteiger partial charge < -0.3 is 0 Å². The van der Waals surface area contributed by atoms with Gasteiger partial charge in [0, 0.05) is 18.1 Å². The molecule has 2 atom stereocenters. The van der Waals surface area contributed by atoms with E-state index in [2.05, 4.69) is 46.4 Å². The lowest BCUT2D eigenvalue weighted by molar-refractivity contribution is -0.0812. The Kier molecular flexibility index (Phi) is 9.17. The molecule has 27 heavy (non-hydrogen) atoms. The molecule has 160 valence electrons. The standard InChI is InChI=1S/C26H51N/c1-7-25(5,8-2)23-20-17-21-24(26(6,9-3)10-4)27(23)22-18-15-13-11-12-14-16-19-22/h22-24H,7-21H2,1-6H3. The van der Waals surface area contributed by atoms with Crippen molar-refractivity contribution >= 4 is 0 Å². The molecule has 2 aliphatic rings. The molecule has 0 amide bonds. The van der Waals surface area contributed by atoms with E-state index in [4.69, 9.17) is 0 Å². The Morgan fingerprint density at radius 1 is 0.556 bits per heavy atom. The van der Waals surface area contributed by atoms with Crippen molar-refractivity contribution < 1.29 is 0 Å². The normalized spacial score (nSPS) is 27.8. The minimum atomic E-state index is 0.486. The van der Waals surface area contributed by atoms with Crippen molar-refractivity contribution in [2.75, 3.05) is 0 Å². The first-order chi connectivity index (χ1) is 13.0. The Labute approximate surface area is 172 Å². The Morgan fingerprint density at radius 2 is 0.926 bits per heavy atom. The average molecular weight is 378 g/mol. The molecule has 2 fully saturated rings. The van der Waals surface area contributed by atoms with Crippen LogP contribution in [0.15, 0.2) is 0 Å². The van der Waals surface area contributed by atoms with Crippen molar-refractivity contribution in [2.45, 2.75) is 156 Å². The topological polar surface area (TPSA) is 3.24 Å². The molecule has 1 nitrogen and oxygen atoms in total. The zero-order chi connectivity index (χ0) is 19.9. The van der Waals surface area contributed by atoms with Gasteiger partial charge in [-0.1, -0.05) is 86.5 Å². The molecule has 2 rings (SSSR count). The first kappa shape index (κ1) is 23.2. The molecular formula is C26H51N. The summed E-state index contributed by atoms with van der Waals surface area (Å²) in [6, 6.07) is 2.44. The summed E-state index contributed by atoms with van der Waals surface area (Å²) < 4.78 is 0. The Bertz CT molecular complexity index is 370. The number of hydrogen-bond acceptors (Lipinski definition) is 1. The highest BCUT2D eigenvalue weighted by molar-refractivity contribution is 5.01. The fourth-order valence-electron chi connectivity index (χ4n) is 6.30. The molecule has 1 aliphatic heterocycles. The molecule has 1 saturated carbocycles. The number of likely N-dealkylation sites (tertiary alicyclic amines) is 1. The van der Waals surface area contributed by atoms with Crippen molar-refractivity contribution in [3.05, 3.63) is 0 Å². The van der Waals surface area contributed by atoms with Gasteiger partial charge in [-0.3, -0.25) is 4.90 Å². The van der Waals surface area contributed by atoms with E-state index in [1.807, 2.05) is 0 Å². The molecule has 0 spiro atoms. The molecular weight excluding hydrogens is 326 g/mol. The van der Waals surface area contributed by atoms with Crippen LogP contribution in [0.1, 0.15) is 138 Å². The van der Waals surface area contributed by atoms with E-state index in [-0.39, 0.29) is 0 Å². The van der Waals surface area contributed by atoms with Crippen LogP contribution in [0.3, 0.4) is 0 Å². The van der Waals surface area contributed by atoms with Crippen molar-refractivity contribution in [3.8, 4) is 0 Å². The molecule has 1 saturated heterocycles. The summed E-state index contributed by atoms with van der Waals surface area (Å²) in [5, 5.41) is 0. The maximum absolute atomic E-state index is 3.18. The van der Waals surface area contributed by atoms with E-state index < -0.39 is 0 Å². The van der Waals surface area contributed by atoms with Gasteiger partial charge in [0.25, 0.3) is 0 Å². The summed E-state index contributed by atoms with van der Waals surface area (Å²) in [4.78, 5) is 3.18. The first-order valence-corrected chi connectivity index (χ1v) is 12.7. The van der Waals surface area contributed by atoms with Crippen molar-refractivity contribution in [1.82, 2.24) is 4.90 Å². The Hall–Kier alpha value is -0.0400. The predicted molar refractivity (Wildman–Crippen MR) is 121 cm³/mol. The molecule has 2 unspecified atom stereocenters. The van der Waals surface area contributed by atoms with Crippen LogP contribution in [0.4, 0.5) is 0 Å². The van der Waals surface area contributed by atoms with Crippen LogP contribution in [0, 0.1) is 10.8 Å². The summed E-state index contributed by atoms with van der Waals surface area (Å²) >= 11 is 0. The maximum Gasteiger partial charge on any atom is 0.0155 e. The molecule has 0 radical (unpaired) electrons. The molecule has 0 aromatic heterocycles. The molecule has 0 aromatic carbocycles. The quantitative estimate of drug-likeness (QED) is 0.430. The smallest absolute Gasteiger partial charge is 0.0155 e. The van der Waals surface area contributed by atoms with Gasteiger partial charge in [-0.15, -0.1) is 0 Å². The van der Waals surface area contributed by atoms with Gasteiger partial charge in [-0.2, -0.15) is 0 Å². The third-order valence-electron chi connectivity index (χ3n) is 9.26.